The van der Waals surface area contributed by atoms with E-state index in [-0.39, 0.29) is 0 Å². The Morgan fingerprint density at radius 3 is 2.59 bits per heavy atom. The van der Waals surface area contributed by atoms with Crippen molar-refractivity contribution in [1.29, 1.82) is 0 Å². The van der Waals surface area contributed by atoms with Crippen LogP contribution in [0.1, 0.15) is 60.9 Å². The lowest BCUT2D eigenvalue weighted by atomic mass is 9.77. The van der Waals surface area contributed by atoms with Crippen LogP contribution in [0.2, 0.25) is 0 Å². The first-order valence-electron chi connectivity index (χ1n) is 13.7. The fraction of sp³-hybridized carbons (Fsp3) is 0.433. The number of piperidine rings is 1. The molecule has 2 aliphatic rings. The molecule has 39 heavy (non-hydrogen) atoms. The Morgan fingerprint density at radius 1 is 1.00 bits per heavy atom. The molecule has 5 rings (SSSR count). The maximum atomic E-state index is 12.9. The van der Waals surface area contributed by atoms with Gasteiger partial charge >= 0.3 is 6.18 Å². The van der Waals surface area contributed by atoms with Gasteiger partial charge in [0.2, 0.25) is 5.91 Å². The van der Waals surface area contributed by atoms with Gasteiger partial charge in [-0.25, -0.2) is 9.97 Å². The molecule has 1 aliphatic heterocycles. The lowest BCUT2D eigenvalue weighted by Gasteiger charge is -2.39. The van der Waals surface area contributed by atoms with Crippen molar-refractivity contribution in [2.75, 3.05) is 23.3 Å². The van der Waals surface area contributed by atoms with Crippen molar-refractivity contribution >= 4 is 17.5 Å². The number of pyridine rings is 2. The topological polar surface area (TPSA) is 84.1 Å². The number of nitrogens with zero attached hydrogens (tertiary/aromatic N) is 3. The maximum Gasteiger partial charge on any atom is 0.417 e. The van der Waals surface area contributed by atoms with E-state index >= 15 is 0 Å². The highest BCUT2D eigenvalue weighted by atomic mass is 19.4. The molecule has 0 unspecified atom stereocenters. The van der Waals surface area contributed by atoms with Gasteiger partial charge in [-0.05, 0) is 91.5 Å². The van der Waals surface area contributed by atoms with Crippen molar-refractivity contribution in [1.82, 2.24) is 9.97 Å². The number of alkyl halides is 3. The molecule has 206 valence electrons. The third kappa shape index (κ3) is 6.69. The van der Waals surface area contributed by atoms with Gasteiger partial charge in [0.15, 0.2) is 0 Å². The van der Waals surface area contributed by atoms with Gasteiger partial charge in [-0.1, -0.05) is 25.0 Å². The molecule has 2 fully saturated rings. The largest absolute Gasteiger partial charge is 0.417 e. The zero-order valence-electron chi connectivity index (χ0n) is 21.8. The van der Waals surface area contributed by atoms with E-state index in [9.17, 15) is 18.0 Å². The monoisotopic (exact) mass is 537 g/mol. The smallest absolute Gasteiger partial charge is 0.367 e. The van der Waals surface area contributed by atoms with E-state index in [0.717, 1.165) is 74.4 Å². The summed E-state index contributed by atoms with van der Waals surface area (Å²) in [6.45, 7) is 1.63. The van der Waals surface area contributed by atoms with Crippen molar-refractivity contribution in [2.24, 2.45) is 17.6 Å². The molecular formula is C30H34F3N5O. The molecule has 9 heteroatoms. The molecule has 3 heterocycles. The van der Waals surface area contributed by atoms with Crippen LogP contribution in [0.15, 0.2) is 60.9 Å². The molecular weight excluding hydrogens is 503 g/mol. The predicted octanol–water partition coefficient (Wildman–Crippen LogP) is 6.54. The lowest BCUT2D eigenvalue weighted by Crippen LogP contribution is -2.39. The standard InChI is InChI=1S/C30H34F3N5O/c31-30(32,33)25-10-11-28(36-18-25)38-14-4-5-20(19-38)15-23-6-1-2-9-26(23)37-27-17-22(12-13-35-27)21-7-3-8-24(16-21)29(34)39/h3,7-8,10-13,16-18,20,23,26H,1-2,4-6,9,14-15,19H2,(H2,34,39)(H,35,37)/t20-,23+,26-/m1/s1. The number of anilines is 2. The van der Waals surface area contributed by atoms with E-state index in [1.165, 1.54) is 18.9 Å². The van der Waals surface area contributed by atoms with Gasteiger partial charge in [0, 0.05) is 37.1 Å². The summed E-state index contributed by atoms with van der Waals surface area (Å²) in [4.78, 5) is 22.4. The number of carbonyl (C=O) groups is 1. The van der Waals surface area contributed by atoms with Crippen LogP contribution in [0.3, 0.4) is 0 Å². The van der Waals surface area contributed by atoms with E-state index in [2.05, 4.69) is 20.2 Å². The second-order valence-electron chi connectivity index (χ2n) is 10.8. The number of amides is 1. The first-order valence-corrected chi connectivity index (χ1v) is 13.7. The molecule has 1 aromatic carbocycles. The third-order valence-corrected chi connectivity index (χ3v) is 8.04. The average Bonchev–Trinajstić information content (AvgIpc) is 2.94. The normalized spacial score (nSPS) is 21.9. The molecule has 3 N–H and O–H groups in total. The molecule has 0 radical (unpaired) electrons. The van der Waals surface area contributed by atoms with Gasteiger partial charge in [-0.2, -0.15) is 13.2 Å². The second-order valence-corrected chi connectivity index (χ2v) is 10.8. The van der Waals surface area contributed by atoms with Crippen LogP contribution in [-0.4, -0.2) is 35.0 Å². The molecule has 3 aromatic rings. The Balaban J connectivity index is 1.24. The summed E-state index contributed by atoms with van der Waals surface area (Å²) in [6, 6.07) is 14.2. The number of benzene rings is 1. The van der Waals surface area contributed by atoms with Gasteiger partial charge in [0.05, 0.1) is 5.56 Å². The number of rotatable bonds is 7. The summed E-state index contributed by atoms with van der Waals surface area (Å²) in [6.07, 6.45) is 6.12. The van der Waals surface area contributed by atoms with E-state index in [0.29, 0.717) is 29.3 Å². The van der Waals surface area contributed by atoms with Gasteiger partial charge in [0.25, 0.3) is 0 Å². The molecule has 0 bridgehead atoms. The Bertz CT molecular complexity index is 1280. The minimum absolute atomic E-state index is 0.304. The first-order chi connectivity index (χ1) is 18.8. The number of halogens is 3. The number of primary amides is 1. The predicted molar refractivity (Wildman–Crippen MR) is 146 cm³/mol. The highest BCUT2D eigenvalue weighted by Gasteiger charge is 2.32. The van der Waals surface area contributed by atoms with Crippen LogP contribution in [0.5, 0.6) is 0 Å². The summed E-state index contributed by atoms with van der Waals surface area (Å²) < 4.78 is 38.8. The summed E-state index contributed by atoms with van der Waals surface area (Å²) in [5.74, 6) is 1.93. The molecule has 1 amide bonds. The minimum atomic E-state index is -4.37. The number of aromatic nitrogens is 2. The van der Waals surface area contributed by atoms with E-state index in [1.54, 1.807) is 18.3 Å². The summed E-state index contributed by atoms with van der Waals surface area (Å²) in [5.41, 5.74) is 7.10. The van der Waals surface area contributed by atoms with Crippen molar-refractivity contribution in [2.45, 2.75) is 57.2 Å². The van der Waals surface area contributed by atoms with E-state index in [4.69, 9.17) is 5.73 Å². The van der Waals surface area contributed by atoms with E-state index in [1.807, 2.05) is 24.3 Å². The molecule has 1 aliphatic carbocycles. The quantitative estimate of drug-likeness (QED) is 0.358. The number of nitrogens with one attached hydrogen (secondary N) is 1. The van der Waals surface area contributed by atoms with Crippen LogP contribution in [0.25, 0.3) is 11.1 Å². The van der Waals surface area contributed by atoms with Crippen molar-refractivity contribution < 1.29 is 18.0 Å². The summed E-state index contributed by atoms with van der Waals surface area (Å²) >= 11 is 0. The summed E-state index contributed by atoms with van der Waals surface area (Å²) in [5, 5.41) is 3.70. The Hall–Kier alpha value is -3.62. The maximum absolute atomic E-state index is 12.9. The molecule has 1 saturated heterocycles. The molecule has 1 saturated carbocycles. The Labute approximate surface area is 226 Å². The first kappa shape index (κ1) is 27.0. The number of carbonyl (C=O) groups excluding carboxylic acids is 1. The minimum Gasteiger partial charge on any atom is -0.367 e. The van der Waals surface area contributed by atoms with Crippen LogP contribution in [-0.2, 0) is 6.18 Å². The number of nitrogens with two attached hydrogens (primary N) is 1. The molecule has 0 spiro atoms. The highest BCUT2D eigenvalue weighted by molar-refractivity contribution is 5.94. The molecule has 6 nitrogen and oxygen atoms in total. The fourth-order valence-corrected chi connectivity index (χ4v) is 6.05. The zero-order valence-corrected chi connectivity index (χ0v) is 21.8. The van der Waals surface area contributed by atoms with Crippen LogP contribution < -0.4 is 16.0 Å². The van der Waals surface area contributed by atoms with Gasteiger partial charge in [-0.15, -0.1) is 0 Å². The Kier molecular flexibility index (Phi) is 8.04. The molecule has 3 atom stereocenters. The van der Waals surface area contributed by atoms with Crippen molar-refractivity contribution in [3.63, 3.8) is 0 Å². The van der Waals surface area contributed by atoms with Crippen molar-refractivity contribution in [3.8, 4) is 11.1 Å². The Morgan fingerprint density at radius 2 is 1.82 bits per heavy atom. The fourth-order valence-electron chi connectivity index (χ4n) is 6.05. The van der Waals surface area contributed by atoms with Gasteiger partial charge < -0.3 is 16.0 Å². The summed E-state index contributed by atoms with van der Waals surface area (Å²) in [7, 11) is 0. The zero-order chi connectivity index (χ0) is 27.4. The van der Waals surface area contributed by atoms with Crippen molar-refractivity contribution in [3.05, 3.63) is 72.1 Å². The van der Waals surface area contributed by atoms with Crippen LogP contribution >= 0.6 is 0 Å². The van der Waals surface area contributed by atoms with Crippen LogP contribution in [0.4, 0.5) is 24.8 Å². The average molecular weight is 538 g/mol. The SMILES string of the molecule is NC(=O)c1cccc(-c2ccnc(N[C@@H]3CCCC[C@H]3C[C@H]3CCCN(c4ccc(C(F)(F)F)cn4)C3)c2)c1. The van der Waals surface area contributed by atoms with E-state index < -0.39 is 17.6 Å². The van der Waals surface area contributed by atoms with Crippen LogP contribution in [0, 0.1) is 11.8 Å². The molecule has 2 aromatic heterocycles. The van der Waals surface area contributed by atoms with Gasteiger partial charge in [-0.3, -0.25) is 4.79 Å². The number of hydrogen-bond acceptors (Lipinski definition) is 5. The highest BCUT2D eigenvalue weighted by Crippen LogP contribution is 2.36. The van der Waals surface area contributed by atoms with Gasteiger partial charge in [0.1, 0.15) is 11.6 Å². The second kappa shape index (κ2) is 11.6. The lowest BCUT2D eigenvalue weighted by molar-refractivity contribution is -0.137. The third-order valence-electron chi connectivity index (χ3n) is 8.04. The number of hydrogen-bond donors (Lipinski definition) is 2.